The highest BCUT2D eigenvalue weighted by Crippen LogP contribution is 2.46. The average molecular weight is 337 g/mol. The Morgan fingerprint density at radius 1 is 1.48 bits per heavy atom. The number of amides is 2. The van der Waals surface area contributed by atoms with E-state index in [9.17, 15) is 9.59 Å². The molecule has 2 fully saturated rings. The minimum absolute atomic E-state index is 0.0230. The van der Waals surface area contributed by atoms with Crippen LogP contribution in [0.15, 0.2) is 24.3 Å². The molecule has 5 nitrogen and oxygen atoms in total. The summed E-state index contributed by atoms with van der Waals surface area (Å²) in [6, 6.07) is 7.62. The van der Waals surface area contributed by atoms with E-state index in [2.05, 4.69) is 5.32 Å². The zero-order valence-corrected chi connectivity index (χ0v) is 13.9. The van der Waals surface area contributed by atoms with Crippen LogP contribution >= 0.6 is 11.6 Å². The van der Waals surface area contributed by atoms with Crippen molar-refractivity contribution in [2.24, 2.45) is 5.92 Å². The van der Waals surface area contributed by atoms with E-state index in [0.29, 0.717) is 24.7 Å². The molecule has 124 valence electrons. The average Bonchev–Trinajstić information content (AvgIpc) is 3.21. The van der Waals surface area contributed by atoms with Crippen molar-refractivity contribution in [3.8, 4) is 0 Å². The van der Waals surface area contributed by atoms with E-state index in [1.54, 1.807) is 12.0 Å². The van der Waals surface area contributed by atoms with Crippen LogP contribution in [-0.4, -0.2) is 43.5 Å². The summed E-state index contributed by atoms with van der Waals surface area (Å²) in [4.78, 5) is 26.2. The van der Waals surface area contributed by atoms with Crippen LogP contribution in [0.1, 0.15) is 24.8 Å². The number of halogens is 1. The van der Waals surface area contributed by atoms with E-state index in [4.69, 9.17) is 16.3 Å². The first kappa shape index (κ1) is 16.3. The van der Waals surface area contributed by atoms with Crippen LogP contribution in [0, 0.1) is 5.92 Å². The highest BCUT2D eigenvalue weighted by atomic mass is 35.5. The lowest BCUT2D eigenvalue weighted by atomic mass is 10.0. The van der Waals surface area contributed by atoms with Gasteiger partial charge in [-0.25, -0.2) is 0 Å². The molecule has 0 aromatic heterocycles. The second-order valence-electron chi connectivity index (χ2n) is 6.32. The Hall–Kier alpha value is -1.59. The van der Waals surface area contributed by atoms with Crippen molar-refractivity contribution in [2.75, 3.05) is 26.8 Å². The van der Waals surface area contributed by atoms with Crippen LogP contribution in [0.4, 0.5) is 0 Å². The molecule has 1 aliphatic carbocycles. The Labute approximate surface area is 140 Å². The molecule has 1 aromatic carbocycles. The standard InChI is InChI=1S/C17H21ClN2O3/c1-23-8-7-20-11-12(9-15(20)21)16(22)19-17(5-6-17)13-3-2-4-14(18)10-13/h2-4,10,12H,5-9,11H2,1H3,(H,19,22)/t12-/m0/s1. The maximum absolute atomic E-state index is 12.6. The first-order valence-corrected chi connectivity index (χ1v) is 8.27. The van der Waals surface area contributed by atoms with Crippen LogP contribution < -0.4 is 5.32 Å². The zero-order chi connectivity index (χ0) is 16.4. The number of hydrogen-bond acceptors (Lipinski definition) is 3. The summed E-state index contributed by atoms with van der Waals surface area (Å²) in [6.07, 6.45) is 2.10. The Kier molecular flexibility index (Phi) is 4.60. The van der Waals surface area contributed by atoms with Gasteiger partial charge in [0.25, 0.3) is 0 Å². The fourth-order valence-corrected chi connectivity index (χ4v) is 3.29. The van der Waals surface area contributed by atoms with Gasteiger partial charge >= 0.3 is 0 Å². The second kappa shape index (κ2) is 6.49. The third kappa shape index (κ3) is 3.51. The molecular weight excluding hydrogens is 316 g/mol. The molecule has 1 saturated heterocycles. The van der Waals surface area contributed by atoms with Gasteiger partial charge in [0.15, 0.2) is 0 Å². The molecule has 1 N–H and O–H groups in total. The van der Waals surface area contributed by atoms with Gasteiger partial charge in [0.1, 0.15) is 0 Å². The number of carbonyl (C=O) groups excluding carboxylic acids is 2. The maximum atomic E-state index is 12.6. The number of hydrogen-bond donors (Lipinski definition) is 1. The van der Waals surface area contributed by atoms with E-state index >= 15 is 0 Å². The predicted octanol–water partition coefficient (Wildman–Crippen LogP) is 1.94. The van der Waals surface area contributed by atoms with Gasteiger partial charge in [-0.3, -0.25) is 9.59 Å². The number of rotatable bonds is 6. The van der Waals surface area contributed by atoms with Gasteiger partial charge < -0.3 is 15.0 Å². The molecule has 2 aliphatic rings. The minimum Gasteiger partial charge on any atom is -0.383 e. The number of nitrogens with one attached hydrogen (secondary N) is 1. The molecule has 0 bridgehead atoms. The third-order valence-electron chi connectivity index (χ3n) is 4.64. The number of ether oxygens (including phenoxy) is 1. The molecule has 6 heteroatoms. The largest absolute Gasteiger partial charge is 0.383 e. The number of methoxy groups -OCH3 is 1. The van der Waals surface area contributed by atoms with Crippen molar-refractivity contribution in [3.63, 3.8) is 0 Å². The molecule has 23 heavy (non-hydrogen) atoms. The molecule has 1 heterocycles. The number of likely N-dealkylation sites (tertiary alicyclic amines) is 1. The van der Waals surface area contributed by atoms with Gasteiger partial charge in [-0.05, 0) is 30.5 Å². The summed E-state index contributed by atoms with van der Waals surface area (Å²) in [7, 11) is 1.60. The lowest BCUT2D eigenvalue weighted by Gasteiger charge is -2.21. The topological polar surface area (TPSA) is 58.6 Å². The fraction of sp³-hybridized carbons (Fsp3) is 0.529. The summed E-state index contributed by atoms with van der Waals surface area (Å²) >= 11 is 6.05. The summed E-state index contributed by atoms with van der Waals surface area (Å²) in [5.41, 5.74) is 0.740. The van der Waals surface area contributed by atoms with Crippen LogP contribution in [0.2, 0.25) is 5.02 Å². The first-order valence-electron chi connectivity index (χ1n) is 7.89. The van der Waals surface area contributed by atoms with Gasteiger partial charge in [-0.15, -0.1) is 0 Å². The smallest absolute Gasteiger partial charge is 0.226 e. The Bertz CT molecular complexity index is 616. The molecule has 0 unspecified atom stereocenters. The SMILES string of the molecule is COCCN1C[C@@H](C(=O)NC2(c3cccc(Cl)c3)CC2)CC1=O. The van der Waals surface area contributed by atoms with Gasteiger partial charge in [-0.2, -0.15) is 0 Å². The van der Waals surface area contributed by atoms with Crippen molar-refractivity contribution < 1.29 is 14.3 Å². The lowest BCUT2D eigenvalue weighted by Crippen LogP contribution is -2.40. The summed E-state index contributed by atoms with van der Waals surface area (Å²) in [6.45, 7) is 1.50. The fourth-order valence-electron chi connectivity index (χ4n) is 3.10. The lowest BCUT2D eigenvalue weighted by molar-refractivity contribution is -0.129. The van der Waals surface area contributed by atoms with Crippen LogP contribution in [0.25, 0.3) is 0 Å². The minimum atomic E-state index is -0.301. The molecule has 1 atom stereocenters. The molecule has 0 spiro atoms. The van der Waals surface area contributed by atoms with Crippen molar-refractivity contribution in [1.29, 1.82) is 0 Å². The zero-order valence-electron chi connectivity index (χ0n) is 13.2. The Balaban J connectivity index is 1.63. The highest BCUT2D eigenvalue weighted by molar-refractivity contribution is 6.30. The van der Waals surface area contributed by atoms with Gasteiger partial charge in [-0.1, -0.05) is 23.7 Å². The molecule has 0 radical (unpaired) electrons. The molecule has 3 rings (SSSR count). The maximum Gasteiger partial charge on any atom is 0.226 e. The first-order chi connectivity index (χ1) is 11.0. The third-order valence-corrected chi connectivity index (χ3v) is 4.88. The van der Waals surface area contributed by atoms with E-state index < -0.39 is 0 Å². The summed E-state index contributed by atoms with van der Waals surface area (Å²) in [5, 5.41) is 3.81. The van der Waals surface area contributed by atoms with Crippen molar-refractivity contribution in [1.82, 2.24) is 10.2 Å². The quantitative estimate of drug-likeness (QED) is 0.863. The van der Waals surface area contributed by atoms with Crippen molar-refractivity contribution >= 4 is 23.4 Å². The number of carbonyl (C=O) groups is 2. The normalized spacial score (nSPS) is 22.3. The number of nitrogens with zero attached hydrogens (tertiary/aromatic N) is 1. The molecule has 1 aliphatic heterocycles. The summed E-state index contributed by atoms with van der Waals surface area (Å²) in [5.74, 6) is -0.304. The van der Waals surface area contributed by atoms with Crippen LogP contribution in [-0.2, 0) is 19.9 Å². The molecule has 1 saturated carbocycles. The van der Waals surface area contributed by atoms with Gasteiger partial charge in [0.2, 0.25) is 11.8 Å². The van der Waals surface area contributed by atoms with Crippen molar-refractivity contribution in [2.45, 2.75) is 24.8 Å². The van der Waals surface area contributed by atoms with E-state index in [-0.39, 0.29) is 29.7 Å². The second-order valence-corrected chi connectivity index (χ2v) is 6.75. The Morgan fingerprint density at radius 2 is 2.26 bits per heavy atom. The number of benzene rings is 1. The highest BCUT2D eigenvalue weighted by Gasteiger charge is 2.47. The molecule has 1 aromatic rings. The van der Waals surface area contributed by atoms with E-state index in [1.807, 2.05) is 24.3 Å². The van der Waals surface area contributed by atoms with Crippen molar-refractivity contribution in [3.05, 3.63) is 34.9 Å². The van der Waals surface area contributed by atoms with Crippen LogP contribution in [0.3, 0.4) is 0 Å². The molecular formula is C17H21ClN2O3. The van der Waals surface area contributed by atoms with Gasteiger partial charge in [0.05, 0.1) is 18.1 Å². The van der Waals surface area contributed by atoms with Crippen LogP contribution in [0.5, 0.6) is 0 Å². The monoisotopic (exact) mass is 336 g/mol. The van der Waals surface area contributed by atoms with E-state index in [0.717, 1.165) is 18.4 Å². The summed E-state index contributed by atoms with van der Waals surface area (Å²) < 4.78 is 5.00. The van der Waals surface area contributed by atoms with E-state index in [1.165, 1.54) is 0 Å². The predicted molar refractivity (Wildman–Crippen MR) is 87.1 cm³/mol. The Morgan fingerprint density at radius 3 is 2.91 bits per heavy atom. The van der Waals surface area contributed by atoms with Gasteiger partial charge in [0, 0.05) is 31.6 Å². The molecule has 2 amide bonds.